The van der Waals surface area contributed by atoms with E-state index in [0.29, 0.717) is 12.0 Å². The standard InChI is InChI=1S/C10H10F2O/c1-3-4-7-5-8(11)10(12)9(6-7)13-2/h3,5-6H,1,4H2,2H3/i2D. The maximum Gasteiger partial charge on any atom is 0.200 e. The Bertz CT molecular complexity index is 339. The minimum atomic E-state index is -1.05. The first-order valence-corrected chi connectivity index (χ1v) is 3.70. The first-order chi connectivity index (χ1) is 6.69. The van der Waals surface area contributed by atoms with Crippen LogP contribution in [0.5, 0.6) is 5.75 Å². The number of benzene rings is 1. The molecule has 0 N–H and O–H groups in total. The second-order valence-corrected chi connectivity index (χ2v) is 2.53. The number of halogens is 2. The van der Waals surface area contributed by atoms with Crippen LogP contribution in [0.4, 0.5) is 8.78 Å². The number of ether oxygens (including phenoxy) is 1. The highest BCUT2D eigenvalue weighted by Crippen LogP contribution is 2.21. The highest BCUT2D eigenvalue weighted by Gasteiger charge is 2.09. The second-order valence-electron chi connectivity index (χ2n) is 2.53. The monoisotopic (exact) mass is 185 g/mol. The van der Waals surface area contributed by atoms with E-state index in [2.05, 4.69) is 11.3 Å². The van der Waals surface area contributed by atoms with E-state index in [0.717, 1.165) is 6.07 Å². The van der Waals surface area contributed by atoms with Gasteiger partial charge in [-0.05, 0) is 24.1 Å². The summed E-state index contributed by atoms with van der Waals surface area (Å²) in [5.74, 6) is -2.24. The maximum absolute atomic E-state index is 13.0. The first kappa shape index (κ1) is 8.23. The van der Waals surface area contributed by atoms with Gasteiger partial charge in [0.25, 0.3) is 0 Å². The van der Waals surface area contributed by atoms with Gasteiger partial charge in [0, 0.05) is 0 Å². The van der Waals surface area contributed by atoms with Crippen molar-refractivity contribution in [3.05, 3.63) is 42.0 Å². The van der Waals surface area contributed by atoms with Crippen molar-refractivity contribution in [2.75, 3.05) is 7.09 Å². The summed E-state index contributed by atoms with van der Waals surface area (Å²) in [6.07, 6.45) is 2.02. The Morgan fingerprint density at radius 3 is 3.00 bits per heavy atom. The molecule has 0 aliphatic carbocycles. The van der Waals surface area contributed by atoms with Crippen LogP contribution in [-0.2, 0) is 6.42 Å². The third-order valence-corrected chi connectivity index (χ3v) is 1.59. The van der Waals surface area contributed by atoms with Crippen molar-refractivity contribution in [2.24, 2.45) is 0 Å². The van der Waals surface area contributed by atoms with E-state index < -0.39 is 18.7 Å². The van der Waals surface area contributed by atoms with E-state index in [1.165, 1.54) is 6.07 Å². The third-order valence-electron chi connectivity index (χ3n) is 1.59. The Kier molecular flexibility index (Phi) is 2.55. The van der Waals surface area contributed by atoms with Gasteiger partial charge in [0.2, 0.25) is 5.82 Å². The van der Waals surface area contributed by atoms with Crippen molar-refractivity contribution in [1.82, 2.24) is 0 Å². The van der Waals surface area contributed by atoms with Crippen LogP contribution in [0.2, 0.25) is 0 Å². The summed E-state index contributed by atoms with van der Waals surface area (Å²) in [6, 6.07) is 2.46. The minimum Gasteiger partial charge on any atom is -0.494 e. The van der Waals surface area contributed by atoms with Crippen LogP contribution in [0.15, 0.2) is 24.8 Å². The van der Waals surface area contributed by atoms with Crippen LogP contribution < -0.4 is 4.74 Å². The van der Waals surface area contributed by atoms with Gasteiger partial charge in [-0.2, -0.15) is 4.39 Å². The van der Waals surface area contributed by atoms with E-state index in [9.17, 15) is 8.78 Å². The molecule has 0 spiro atoms. The van der Waals surface area contributed by atoms with Gasteiger partial charge in [-0.3, -0.25) is 0 Å². The summed E-state index contributed by atoms with van der Waals surface area (Å²) in [6.45, 7) is 3.49. The molecule has 3 heteroatoms. The van der Waals surface area contributed by atoms with Gasteiger partial charge in [-0.1, -0.05) is 6.08 Å². The lowest BCUT2D eigenvalue weighted by molar-refractivity contribution is 0.371. The van der Waals surface area contributed by atoms with Gasteiger partial charge in [0.15, 0.2) is 11.6 Å². The summed E-state index contributed by atoms with van der Waals surface area (Å²) in [4.78, 5) is 0. The van der Waals surface area contributed by atoms with Crippen molar-refractivity contribution in [3.8, 4) is 5.75 Å². The molecule has 0 bridgehead atoms. The zero-order valence-corrected chi connectivity index (χ0v) is 7.02. The predicted molar refractivity (Wildman–Crippen MR) is 46.8 cm³/mol. The Hall–Kier alpha value is -1.38. The lowest BCUT2D eigenvalue weighted by Crippen LogP contribution is -1.94. The molecule has 1 rings (SSSR count). The fourth-order valence-electron chi connectivity index (χ4n) is 1.01. The van der Waals surface area contributed by atoms with E-state index in [1.54, 1.807) is 6.08 Å². The maximum atomic E-state index is 13.0. The number of rotatable bonds is 3. The smallest absolute Gasteiger partial charge is 0.200 e. The van der Waals surface area contributed by atoms with Gasteiger partial charge in [0.05, 0.1) is 8.46 Å². The fourth-order valence-corrected chi connectivity index (χ4v) is 1.01. The van der Waals surface area contributed by atoms with Gasteiger partial charge < -0.3 is 4.74 Å². The molecule has 1 nitrogen and oxygen atoms in total. The van der Waals surface area contributed by atoms with Gasteiger partial charge in [-0.25, -0.2) is 4.39 Å². The molecular weight excluding hydrogens is 174 g/mol. The Morgan fingerprint density at radius 1 is 1.62 bits per heavy atom. The molecule has 1 aromatic rings. The molecule has 70 valence electrons. The van der Waals surface area contributed by atoms with Crippen LogP contribution in [0.3, 0.4) is 0 Å². The van der Waals surface area contributed by atoms with Gasteiger partial charge in [0.1, 0.15) is 0 Å². The zero-order valence-electron chi connectivity index (χ0n) is 8.02. The van der Waals surface area contributed by atoms with Gasteiger partial charge >= 0.3 is 0 Å². The van der Waals surface area contributed by atoms with Crippen LogP contribution in [0.1, 0.15) is 6.93 Å². The van der Waals surface area contributed by atoms with Crippen LogP contribution in [0.25, 0.3) is 0 Å². The highest BCUT2D eigenvalue weighted by atomic mass is 19.2. The average Bonchev–Trinajstić information content (AvgIpc) is 2.14. The molecule has 0 saturated carbocycles. The molecule has 0 aliphatic heterocycles. The number of allylic oxidation sites excluding steroid dienone is 1. The van der Waals surface area contributed by atoms with Gasteiger partial charge in [-0.15, -0.1) is 6.58 Å². The number of hydrogen-bond donors (Lipinski definition) is 0. The third kappa shape index (κ3) is 2.05. The summed E-state index contributed by atoms with van der Waals surface area (Å²) < 4.78 is 37.3. The quantitative estimate of drug-likeness (QED) is 0.658. The van der Waals surface area contributed by atoms with Crippen molar-refractivity contribution < 1.29 is 14.9 Å². The molecule has 0 amide bonds. The fraction of sp³-hybridized carbons (Fsp3) is 0.200. The molecule has 0 heterocycles. The zero-order chi connectivity index (χ0) is 10.6. The van der Waals surface area contributed by atoms with Crippen LogP contribution in [-0.4, -0.2) is 7.09 Å². The molecule has 0 aliphatic rings. The topological polar surface area (TPSA) is 9.23 Å². The number of methoxy groups -OCH3 is 1. The van der Waals surface area contributed by atoms with Crippen molar-refractivity contribution in [1.29, 1.82) is 0 Å². The minimum absolute atomic E-state index is 0.225. The summed E-state index contributed by atoms with van der Waals surface area (Å²) >= 11 is 0. The van der Waals surface area contributed by atoms with Crippen molar-refractivity contribution >= 4 is 0 Å². The second kappa shape index (κ2) is 4.03. The Balaban J connectivity index is 3.06. The van der Waals surface area contributed by atoms with E-state index >= 15 is 0 Å². The first-order valence-electron chi connectivity index (χ1n) is 4.40. The summed E-state index contributed by atoms with van der Waals surface area (Å²) in [5, 5.41) is 0. The molecular formula is C10H10F2O. The lowest BCUT2D eigenvalue weighted by atomic mass is 10.1. The molecule has 1 aromatic carbocycles. The van der Waals surface area contributed by atoms with Crippen LogP contribution in [0, 0.1) is 11.6 Å². The van der Waals surface area contributed by atoms with Crippen molar-refractivity contribution in [2.45, 2.75) is 6.42 Å². The predicted octanol–water partition coefficient (Wildman–Crippen LogP) is 2.70. The van der Waals surface area contributed by atoms with E-state index in [4.69, 9.17) is 1.37 Å². The Labute approximate surface area is 77.1 Å². The molecule has 0 unspecified atom stereocenters. The molecule has 0 fully saturated rings. The highest BCUT2D eigenvalue weighted by molar-refractivity contribution is 5.32. The molecule has 0 saturated heterocycles. The normalized spacial score (nSPS) is 10.8. The SMILES string of the molecule is [2H]COc1cc(CC=C)cc(F)c1F. The van der Waals surface area contributed by atoms with Crippen molar-refractivity contribution in [3.63, 3.8) is 0 Å². The molecule has 0 atom stereocenters. The molecule has 0 aromatic heterocycles. The Morgan fingerprint density at radius 2 is 2.38 bits per heavy atom. The largest absolute Gasteiger partial charge is 0.494 e. The molecule has 0 radical (unpaired) electrons. The molecule has 13 heavy (non-hydrogen) atoms. The lowest BCUT2D eigenvalue weighted by Gasteiger charge is -2.04. The number of hydrogen-bond acceptors (Lipinski definition) is 1. The van der Waals surface area contributed by atoms with Crippen LogP contribution >= 0.6 is 0 Å². The van der Waals surface area contributed by atoms with E-state index in [1.807, 2.05) is 0 Å². The summed E-state index contributed by atoms with van der Waals surface area (Å²) in [7, 11) is -0.437. The summed E-state index contributed by atoms with van der Waals surface area (Å²) in [5.41, 5.74) is 0.572. The average molecular weight is 185 g/mol. The van der Waals surface area contributed by atoms with E-state index in [-0.39, 0.29) is 5.75 Å².